The lowest BCUT2D eigenvalue weighted by Crippen LogP contribution is -2.08. The summed E-state index contributed by atoms with van der Waals surface area (Å²) < 4.78 is 15.0. The molecule has 0 fully saturated rings. The highest BCUT2D eigenvalue weighted by Gasteiger charge is 2.14. The van der Waals surface area contributed by atoms with Crippen LogP contribution in [0.2, 0.25) is 5.02 Å². The normalized spacial score (nSPS) is 12.1. The molecule has 3 heterocycles. The summed E-state index contributed by atoms with van der Waals surface area (Å²) in [7, 11) is -1.14. The van der Waals surface area contributed by atoms with Crippen molar-refractivity contribution in [3.8, 4) is 11.3 Å². The number of pyridine rings is 1. The molecule has 0 aliphatic heterocycles. The van der Waals surface area contributed by atoms with Crippen molar-refractivity contribution in [2.45, 2.75) is 13.3 Å². The molecule has 1 aromatic carbocycles. The van der Waals surface area contributed by atoms with Crippen LogP contribution >= 0.6 is 11.6 Å². The molecule has 10 heteroatoms. The Morgan fingerprint density at radius 3 is 2.93 bits per heavy atom. The van der Waals surface area contributed by atoms with E-state index in [4.69, 9.17) is 11.6 Å². The number of aromatic nitrogens is 5. The summed E-state index contributed by atoms with van der Waals surface area (Å²) in [6, 6.07) is 9.08. The third-order valence-corrected chi connectivity index (χ3v) is 5.70. The summed E-state index contributed by atoms with van der Waals surface area (Å²) in [6.45, 7) is 1.99. The number of fused-ring (bicyclic) bond motifs is 1. The van der Waals surface area contributed by atoms with Crippen molar-refractivity contribution in [3.05, 3.63) is 54.2 Å². The molecular formula is C19H18ClN7OS. The maximum atomic E-state index is 12.0. The minimum absolute atomic E-state index is 0.516. The van der Waals surface area contributed by atoms with Gasteiger partial charge < -0.3 is 15.0 Å². The first kappa shape index (κ1) is 19.3. The first-order valence-electron chi connectivity index (χ1n) is 8.96. The zero-order valence-electron chi connectivity index (χ0n) is 15.5. The predicted octanol–water partition coefficient (Wildman–Crippen LogP) is 4.30. The number of nitrogens with zero attached hydrogens (tertiary/aromatic N) is 4. The first-order valence-corrected chi connectivity index (χ1v) is 10.7. The largest absolute Gasteiger partial charge is 0.341 e. The Balaban J connectivity index is 1.69. The minimum atomic E-state index is -1.14. The van der Waals surface area contributed by atoms with Crippen LogP contribution in [0.15, 0.2) is 49.2 Å². The molecule has 148 valence electrons. The van der Waals surface area contributed by atoms with Crippen LogP contribution in [-0.2, 0) is 11.0 Å². The van der Waals surface area contributed by atoms with Gasteiger partial charge in [0.15, 0.2) is 5.65 Å². The molecule has 8 nitrogen and oxygen atoms in total. The van der Waals surface area contributed by atoms with E-state index in [1.807, 2.05) is 19.1 Å². The fourth-order valence-electron chi connectivity index (χ4n) is 2.85. The van der Waals surface area contributed by atoms with Gasteiger partial charge in [0.25, 0.3) is 0 Å². The predicted molar refractivity (Wildman–Crippen MR) is 117 cm³/mol. The Hall–Kier alpha value is -3.04. The molecule has 3 aromatic heterocycles. The Morgan fingerprint density at radius 2 is 2.07 bits per heavy atom. The third-order valence-electron chi connectivity index (χ3n) is 4.13. The molecular weight excluding hydrogens is 410 g/mol. The Bertz CT molecular complexity index is 1180. The average Bonchev–Trinajstić information content (AvgIpc) is 3.20. The molecule has 3 N–H and O–H groups in total. The average molecular weight is 428 g/mol. The van der Waals surface area contributed by atoms with Gasteiger partial charge in [0.2, 0.25) is 0 Å². The number of nitrogens with one attached hydrogen (secondary N) is 3. The zero-order valence-corrected chi connectivity index (χ0v) is 17.1. The van der Waals surface area contributed by atoms with E-state index in [1.165, 1.54) is 6.33 Å². The number of rotatable bonds is 7. The van der Waals surface area contributed by atoms with Crippen molar-refractivity contribution in [3.63, 3.8) is 0 Å². The third kappa shape index (κ3) is 4.20. The van der Waals surface area contributed by atoms with Crippen molar-refractivity contribution in [1.82, 2.24) is 24.9 Å². The first-order chi connectivity index (χ1) is 14.2. The number of hydrogen-bond acceptors (Lipinski definition) is 6. The summed E-state index contributed by atoms with van der Waals surface area (Å²) in [5, 5.41) is 3.78. The smallest absolute Gasteiger partial charge is 0.181 e. The van der Waals surface area contributed by atoms with Crippen LogP contribution < -0.4 is 10.0 Å². The summed E-state index contributed by atoms with van der Waals surface area (Å²) in [6.07, 6.45) is 5.56. The molecule has 0 aliphatic carbocycles. The van der Waals surface area contributed by atoms with Crippen molar-refractivity contribution < 1.29 is 4.21 Å². The van der Waals surface area contributed by atoms with Crippen LogP contribution in [0, 0.1) is 0 Å². The molecule has 0 amide bonds. The fourth-order valence-corrected chi connectivity index (χ4v) is 3.87. The van der Waals surface area contributed by atoms with E-state index >= 15 is 0 Å². The van der Waals surface area contributed by atoms with E-state index < -0.39 is 11.0 Å². The van der Waals surface area contributed by atoms with Crippen LogP contribution in [-0.4, -0.2) is 34.9 Å². The number of aromatic amines is 1. The van der Waals surface area contributed by atoms with Crippen molar-refractivity contribution >= 4 is 50.9 Å². The van der Waals surface area contributed by atoms with Gasteiger partial charge in [0.1, 0.15) is 34.3 Å². The highest BCUT2D eigenvalue weighted by molar-refractivity contribution is 7.86. The maximum Gasteiger partial charge on any atom is 0.181 e. The SMILES string of the molecule is CCCS(=O)Nc1ccc(Cl)c(Nc2ncccc2-c2ncnc3nc[nH]c23)c1. The van der Waals surface area contributed by atoms with Crippen molar-refractivity contribution in [2.24, 2.45) is 0 Å². The number of benzene rings is 1. The van der Waals surface area contributed by atoms with Crippen molar-refractivity contribution in [2.75, 3.05) is 15.8 Å². The Labute approximate surface area is 174 Å². The minimum Gasteiger partial charge on any atom is -0.341 e. The molecule has 0 bridgehead atoms. The summed E-state index contributed by atoms with van der Waals surface area (Å²) in [5.74, 6) is 1.15. The lowest BCUT2D eigenvalue weighted by molar-refractivity contribution is 0.685. The molecule has 1 unspecified atom stereocenters. The lowest BCUT2D eigenvalue weighted by Gasteiger charge is -2.14. The van der Waals surface area contributed by atoms with Gasteiger partial charge in [-0.3, -0.25) is 0 Å². The van der Waals surface area contributed by atoms with E-state index in [0.29, 0.717) is 39.3 Å². The van der Waals surface area contributed by atoms with Gasteiger partial charge in [0, 0.05) is 23.2 Å². The molecule has 0 saturated heterocycles. The molecule has 0 aliphatic rings. The summed E-state index contributed by atoms with van der Waals surface area (Å²) in [5.41, 5.74) is 4.09. The highest BCUT2D eigenvalue weighted by atomic mass is 35.5. The topological polar surface area (TPSA) is 108 Å². The number of H-pyrrole nitrogens is 1. The number of imidazole rings is 1. The maximum absolute atomic E-state index is 12.0. The van der Waals surface area contributed by atoms with Gasteiger partial charge in [-0.2, -0.15) is 0 Å². The molecule has 29 heavy (non-hydrogen) atoms. The highest BCUT2D eigenvalue weighted by Crippen LogP contribution is 2.33. The van der Waals surface area contributed by atoms with Crippen LogP contribution in [0.1, 0.15) is 13.3 Å². The molecule has 1 atom stereocenters. The molecule has 4 aromatic rings. The molecule has 0 spiro atoms. The van der Waals surface area contributed by atoms with Crippen LogP contribution in [0.25, 0.3) is 22.4 Å². The Morgan fingerprint density at radius 1 is 1.17 bits per heavy atom. The fraction of sp³-hybridized carbons (Fsp3) is 0.158. The van der Waals surface area contributed by atoms with Gasteiger partial charge in [0.05, 0.1) is 17.0 Å². The van der Waals surface area contributed by atoms with Crippen LogP contribution in [0.3, 0.4) is 0 Å². The standard InChI is InChI=1S/C19H18ClN7OS/c1-2-8-29(28)27-12-5-6-14(20)15(9-12)26-18-13(4-3-7-21-18)16-17-19(24-10-22-16)25-11-23-17/h3-7,9-11,27H,2,8H2,1H3,(H,21,26)(H,22,23,24,25). The summed E-state index contributed by atoms with van der Waals surface area (Å²) in [4.78, 5) is 20.3. The van der Waals surface area contributed by atoms with Crippen molar-refractivity contribution in [1.29, 1.82) is 0 Å². The van der Waals surface area contributed by atoms with Crippen LogP contribution in [0.4, 0.5) is 17.2 Å². The van der Waals surface area contributed by atoms with E-state index in [2.05, 4.69) is 35.0 Å². The monoisotopic (exact) mass is 427 g/mol. The molecule has 0 saturated carbocycles. The van der Waals surface area contributed by atoms with E-state index in [1.54, 1.807) is 30.7 Å². The van der Waals surface area contributed by atoms with Gasteiger partial charge in [-0.1, -0.05) is 18.5 Å². The summed E-state index contributed by atoms with van der Waals surface area (Å²) >= 11 is 6.38. The number of anilines is 3. The second-order valence-corrected chi connectivity index (χ2v) is 7.90. The van der Waals surface area contributed by atoms with E-state index in [0.717, 1.165) is 17.5 Å². The second-order valence-electron chi connectivity index (χ2n) is 6.19. The number of halogens is 1. The van der Waals surface area contributed by atoms with Gasteiger partial charge in [-0.15, -0.1) is 0 Å². The van der Waals surface area contributed by atoms with Gasteiger partial charge >= 0.3 is 0 Å². The Kier molecular flexibility index (Phi) is 5.68. The quantitative estimate of drug-likeness (QED) is 0.405. The second kappa shape index (κ2) is 8.54. The molecule has 4 rings (SSSR count). The van der Waals surface area contributed by atoms with Gasteiger partial charge in [-0.25, -0.2) is 24.1 Å². The number of hydrogen-bond donors (Lipinski definition) is 3. The zero-order chi connectivity index (χ0) is 20.2. The van der Waals surface area contributed by atoms with E-state index in [-0.39, 0.29) is 0 Å². The van der Waals surface area contributed by atoms with Crippen LogP contribution in [0.5, 0.6) is 0 Å². The lowest BCUT2D eigenvalue weighted by atomic mass is 10.1. The molecule has 0 radical (unpaired) electrons. The van der Waals surface area contributed by atoms with E-state index in [9.17, 15) is 4.21 Å². The van der Waals surface area contributed by atoms with Gasteiger partial charge in [-0.05, 0) is 36.8 Å².